The lowest BCUT2D eigenvalue weighted by atomic mass is 9.88. The summed E-state index contributed by atoms with van der Waals surface area (Å²) in [4.78, 5) is 24.6. The van der Waals surface area contributed by atoms with Gasteiger partial charge in [0.2, 0.25) is 11.8 Å². The van der Waals surface area contributed by atoms with E-state index in [2.05, 4.69) is 16.0 Å². The molecule has 2 amide bonds. The maximum absolute atomic E-state index is 12.4. The predicted molar refractivity (Wildman–Crippen MR) is 99.1 cm³/mol. The van der Waals surface area contributed by atoms with Crippen LogP contribution in [0.1, 0.15) is 50.5 Å². The quantitative estimate of drug-likeness (QED) is 0.770. The van der Waals surface area contributed by atoms with Gasteiger partial charge >= 0.3 is 0 Å². The van der Waals surface area contributed by atoms with Gasteiger partial charge in [-0.2, -0.15) is 0 Å². The summed E-state index contributed by atoms with van der Waals surface area (Å²) in [5.41, 5.74) is 1.83. The lowest BCUT2D eigenvalue weighted by molar-refractivity contribution is -0.125. The van der Waals surface area contributed by atoms with Crippen LogP contribution in [-0.2, 0) is 16.1 Å². The smallest absolute Gasteiger partial charge is 0.227 e. The molecule has 0 spiro atoms. The monoisotopic (exact) mass is 343 g/mol. The van der Waals surface area contributed by atoms with Crippen LogP contribution < -0.4 is 16.0 Å². The molecule has 3 rings (SSSR count). The number of benzene rings is 1. The van der Waals surface area contributed by atoms with Crippen LogP contribution in [0.4, 0.5) is 5.69 Å². The van der Waals surface area contributed by atoms with Crippen molar-refractivity contribution in [1.82, 2.24) is 10.6 Å². The minimum absolute atomic E-state index is 0.0722. The topological polar surface area (TPSA) is 70.2 Å². The standard InChI is InChI=1S/C20H29N3O2/c24-19(17-9-5-11-21-14-17)22-13-15-6-4-10-18(12-15)23-20(25)16-7-2-1-3-8-16/h4,6,10,12,16-17,21H,1-3,5,7-9,11,13-14H2,(H,22,24)(H,23,25). The summed E-state index contributed by atoms with van der Waals surface area (Å²) < 4.78 is 0. The van der Waals surface area contributed by atoms with E-state index in [-0.39, 0.29) is 23.7 Å². The van der Waals surface area contributed by atoms with Gasteiger partial charge in [0.05, 0.1) is 5.92 Å². The van der Waals surface area contributed by atoms with Crippen LogP contribution in [0.5, 0.6) is 0 Å². The third-order valence-corrected chi connectivity index (χ3v) is 5.30. The van der Waals surface area contributed by atoms with Gasteiger partial charge in [0.25, 0.3) is 0 Å². The maximum Gasteiger partial charge on any atom is 0.227 e. The predicted octanol–water partition coefficient (Wildman–Crippen LogP) is 2.82. The highest BCUT2D eigenvalue weighted by Crippen LogP contribution is 2.25. The average molecular weight is 343 g/mol. The number of anilines is 1. The fourth-order valence-corrected chi connectivity index (χ4v) is 3.78. The summed E-state index contributed by atoms with van der Waals surface area (Å²) in [7, 11) is 0. The zero-order valence-electron chi connectivity index (χ0n) is 14.9. The van der Waals surface area contributed by atoms with Crippen LogP contribution in [0.2, 0.25) is 0 Å². The van der Waals surface area contributed by atoms with Crippen LogP contribution in [0.3, 0.4) is 0 Å². The summed E-state index contributed by atoms with van der Waals surface area (Å²) in [5.74, 6) is 0.469. The van der Waals surface area contributed by atoms with Crippen LogP contribution >= 0.6 is 0 Å². The van der Waals surface area contributed by atoms with Crippen molar-refractivity contribution in [2.24, 2.45) is 11.8 Å². The Morgan fingerprint density at radius 3 is 2.56 bits per heavy atom. The largest absolute Gasteiger partial charge is 0.352 e. The number of nitrogens with one attached hydrogen (secondary N) is 3. The van der Waals surface area contributed by atoms with Crippen LogP contribution in [0, 0.1) is 11.8 Å². The van der Waals surface area contributed by atoms with Crippen molar-refractivity contribution in [2.75, 3.05) is 18.4 Å². The first-order valence-electron chi connectivity index (χ1n) is 9.60. The molecule has 0 aromatic heterocycles. The first-order valence-corrected chi connectivity index (χ1v) is 9.60. The average Bonchev–Trinajstić information content (AvgIpc) is 2.68. The lowest BCUT2D eigenvalue weighted by Gasteiger charge is -2.22. The Labute approximate surface area is 150 Å². The van der Waals surface area contributed by atoms with Crippen molar-refractivity contribution in [3.63, 3.8) is 0 Å². The van der Waals surface area contributed by atoms with Gasteiger partial charge in [0, 0.05) is 24.7 Å². The highest BCUT2D eigenvalue weighted by atomic mass is 16.2. The highest BCUT2D eigenvalue weighted by molar-refractivity contribution is 5.92. The number of carbonyl (C=O) groups is 2. The van der Waals surface area contributed by atoms with E-state index in [1.54, 1.807) is 0 Å². The minimum atomic E-state index is 0.0722. The molecule has 0 bridgehead atoms. The molecular formula is C20H29N3O2. The molecule has 1 atom stereocenters. The molecule has 0 radical (unpaired) electrons. The Bertz CT molecular complexity index is 590. The van der Waals surface area contributed by atoms with Crippen LogP contribution in [-0.4, -0.2) is 24.9 Å². The van der Waals surface area contributed by atoms with E-state index in [0.29, 0.717) is 6.54 Å². The highest BCUT2D eigenvalue weighted by Gasteiger charge is 2.22. The molecule has 1 unspecified atom stereocenters. The molecule has 1 aromatic rings. The zero-order valence-corrected chi connectivity index (χ0v) is 14.9. The van der Waals surface area contributed by atoms with Gasteiger partial charge in [0.15, 0.2) is 0 Å². The number of carbonyl (C=O) groups excluding carboxylic acids is 2. The molecule has 1 aliphatic carbocycles. The van der Waals surface area contributed by atoms with Crippen molar-refractivity contribution >= 4 is 17.5 Å². The Kier molecular flexibility index (Phi) is 6.45. The number of piperidine rings is 1. The first-order chi connectivity index (χ1) is 12.2. The van der Waals surface area contributed by atoms with Gasteiger partial charge in [-0.1, -0.05) is 31.4 Å². The molecule has 1 saturated heterocycles. The fraction of sp³-hybridized carbons (Fsp3) is 0.600. The molecule has 3 N–H and O–H groups in total. The fourth-order valence-electron chi connectivity index (χ4n) is 3.78. The summed E-state index contributed by atoms with van der Waals surface area (Å²) in [6.07, 6.45) is 7.56. The van der Waals surface area contributed by atoms with E-state index in [1.807, 2.05) is 24.3 Å². The second-order valence-corrected chi connectivity index (χ2v) is 7.29. The third-order valence-electron chi connectivity index (χ3n) is 5.30. The zero-order chi connectivity index (χ0) is 17.5. The first kappa shape index (κ1) is 17.9. The van der Waals surface area contributed by atoms with E-state index in [0.717, 1.165) is 62.9 Å². The van der Waals surface area contributed by atoms with Crippen molar-refractivity contribution in [3.05, 3.63) is 29.8 Å². The van der Waals surface area contributed by atoms with Crippen LogP contribution in [0.15, 0.2) is 24.3 Å². The summed E-state index contributed by atoms with van der Waals surface area (Å²) >= 11 is 0. The van der Waals surface area contributed by atoms with Gasteiger partial charge in [-0.25, -0.2) is 0 Å². The molecule has 5 nitrogen and oxygen atoms in total. The molecule has 5 heteroatoms. The third kappa shape index (κ3) is 5.30. The second-order valence-electron chi connectivity index (χ2n) is 7.29. The Hall–Kier alpha value is -1.88. The van der Waals surface area contributed by atoms with Gasteiger partial charge in [-0.15, -0.1) is 0 Å². The molecule has 1 aromatic carbocycles. The van der Waals surface area contributed by atoms with E-state index in [9.17, 15) is 9.59 Å². The molecule has 1 saturated carbocycles. The molecule has 1 aliphatic heterocycles. The number of hydrogen-bond donors (Lipinski definition) is 3. The Morgan fingerprint density at radius 1 is 1.00 bits per heavy atom. The van der Waals surface area contributed by atoms with Crippen molar-refractivity contribution < 1.29 is 9.59 Å². The SMILES string of the molecule is O=C(NCc1cccc(NC(=O)C2CCCCC2)c1)C1CCCNC1. The van der Waals surface area contributed by atoms with E-state index < -0.39 is 0 Å². The van der Waals surface area contributed by atoms with Crippen LogP contribution in [0.25, 0.3) is 0 Å². The molecule has 2 aliphatic rings. The van der Waals surface area contributed by atoms with E-state index >= 15 is 0 Å². The number of rotatable bonds is 5. The molecule has 136 valence electrons. The van der Waals surface area contributed by atoms with Crippen molar-refractivity contribution in [2.45, 2.75) is 51.5 Å². The molecular weight excluding hydrogens is 314 g/mol. The number of hydrogen-bond acceptors (Lipinski definition) is 3. The second kappa shape index (κ2) is 8.99. The number of amides is 2. The molecule has 1 heterocycles. The molecule has 2 fully saturated rings. The lowest BCUT2D eigenvalue weighted by Crippen LogP contribution is -2.40. The normalized spacial score (nSPS) is 21.5. The maximum atomic E-state index is 12.4. The van der Waals surface area contributed by atoms with Gasteiger partial charge < -0.3 is 16.0 Å². The van der Waals surface area contributed by atoms with E-state index in [4.69, 9.17) is 0 Å². The van der Waals surface area contributed by atoms with E-state index in [1.165, 1.54) is 6.42 Å². The van der Waals surface area contributed by atoms with Gasteiger partial charge in [-0.3, -0.25) is 9.59 Å². The Morgan fingerprint density at radius 2 is 1.80 bits per heavy atom. The molecule has 25 heavy (non-hydrogen) atoms. The summed E-state index contributed by atoms with van der Waals surface area (Å²) in [5, 5.41) is 9.33. The van der Waals surface area contributed by atoms with Gasteiger partial charge in [0.1, 0.15) is 0 Å². The summed E-state index contributed by atoms with van der Waals surface area (Å²) in [6, 6.07) is 7.78. The Balaban J connectivity index is 1.50. The van der Waals surface area contributed by atoms with Gasteiger partial charge in [-0.05, 0) is 49.9 Å². The van der Waals surface area contributed by atoms with Crippen molar-refractivity contribution in [3.8, 4) is 0 Å². The minimum Gasteiger partial charge on any atom is -0.352 e. The summed E-state index contributed by atoms with van der Waals surface area (Å²) in [6.45, 7) is 2.28. The van der Waals surface area contributed by atoms with Crippen molar-refractivity contribution in [1.29, 1.82) is 0 Å².